The van der Waals surface area contributed by atoms with E-state index in [4.69, 9.17) is 14.7 Å². The minimum absolute atomic E-state index is 0.0380. The molecular formula is C19H12F2N6O2S. The second kappa shape index (κ2) is 7.26. The van der Waals surface area contributed by atoms with Crippen LogP contribution in [0.3, 0.4) is 0 Å². The number of anilines is 1. The highest BCUT2D eigenvalue weighted by Crippen LogP contribution is 2.28. The Morgan fingerprint density at radius 3 is 2.57 bits per heavy atom. The topological polar surface area (TPSA) is 117 Å². The van der Waals surface area contributed by atoms with Crippen LogP contribution in [0.15, 0.2) is 51.4 Å². The second-order valence-corrected chi connectivity index (χ2v) is 7.43. The van der Waals surface area contributed by atoms with E-state index >= 15 is 0 Å². The van der Waals surface area contributed by atoms with Gasteiger partial charge in [0.1, 0.15) is 0 Å². The monoisotopic (exact) mass is 426 g/mol. The van der Waals surface area contributed by atoms with Crippen LogP contribution in [0.2, 0.25) is 0 Å². The van der Waals surface area contributed by atoms with Crippen LogP contribution in [0.1, 0.15) is 23.8 Å². The first-order chi connectivity index (χ1) is 14.5. The van der Waals surface area contributed by atoms with Gasteiger partial charge in [0.2, 0.25) is 17.6 Å². The van der Waals surface area contributed by atoms with Crippen molar-refractivity contribution in [1.82, 2.24) is 25.3 Å². The third kappa shape index (κ3) is 3.50. The van der Waals surface area contributed by atoms with Crippen molar-refractivity contribution in [2.24, 2.45) is 0 Å². The molecule has 0 spiro atoms. The molecule has 11 heteroatoms. The molecule has 0 unspecified atom stereocenters. The molecule has 0 aliphatic carbocycles. The molecule has 3 aromatic heterocycles. The van der Waals surface area contributed by atoms with Gasteiger partial charge in [-0.05, 0) is 35.9 Å². The zero-order valence-corrected chi connectivity index (χ0v) is 15.9. The highest BCUT2D eigenvalue weighted by Gasteiger charge is 2.17. The zero-order chi connectivity index (χ0) is 20.7. The maximum atomic E-state index is 12.6. The summed E-state index contributed by atoms with van der Waals surface area (Å²) in [6, 6.07) is 12.7. The quantitative estimate of drug-likeness (QED) is 0.436. The van der Waals surface area contributed by atoms with E-state index in [1.165, 1.54) is 11.3 Å². The van der Waals surface area contributed by atoms with Crippen molar-refractivity contribution in [2.45, 2.75) is 12.8 Å². The average Bonchev–Trinajstić information content (AvgIpc) is 3.47. The van der Waals surface area contributed by atoms with Gasteiger partial charge in [0.25, 0.3) is 5.89 Å². The van der Waals surface area contributed by atoms with E-state index < -0.39 is 12.3 Å². The van der Waals surface area contributed by atoms with Gasteiger partial charge in [-0.3, -0.25) is 0 Å². The number of hydrogen-bond acceptors (Lipinski definition) is 9. The molecular weight excluding hydrogens is 414 g/mol. The van der Waals surface area contributed by atoms with E-state index in [0.717, 1.165) is 21.3 Å². The number of nitrogens with two attached hydrogens (primary N) is 1. The number of nitrogens with zero attached hydrogens (tertiary/aromatic N) is 5. The molecule has 0 saturated carbocycles. The highest BCUT2D eigenvalue weighted by atomic mass is 32.1. The van der Waals surface area contributed by atoms with Crippen molar-refractivity contribution in [3.63, 3.8) is 0 Å². The Hall–Kier alpha value is -3.73. The SMILES string of the molecule is Nc1nc2ccc(-c3noc(Cc4ccc(-c5nnc(C(F)F)o5)cc4)n3)cc2s1. The minimum atomic E-state index is -2.80. The number of rotatable bonds is 5. The van der Waals surface area contributed by atoms with Crippen LogP contribution in [0.5, 0.6) is 0 Å². The summed E-state index contributed by atoms with van der Waals surface area (Å²) >= 11 is 1.39. The summed E-state index contributed by atoms with van der Waals surface area (Å²) in [5.41, 5.74) is 8.82. The summed E-state index contributed by atoms with van der Waals surface area (Å²) in [7, 11) is 0. The Labute approximate surface area is 171 Å². The number of aromatic nitrogens is 5. The molecule has 150 valence electrons. The van der Waals surface area contributed by atoms with E-state index in [1.54, 1.807) is 24.3 Å². The fourth-order valence-electron chi connectivity index (χ4n) is 2.90. The number of hydrogen-bond donors (Lipinski definition) is 1. The molecule has 0 atom stereocenters. The molecule has 0 bridgehead atoms. The lowest BCUT2D eigenvalue weighted by molar-refractivity contribution is 0.116. The van der Waals surface area contributed by atoms with Crippen molar-refractivity contribution < 1.29 is 17.7 Å². The predicted molar refractivity (Wildman–Crippen MR) is 105 cm³/mol. The Balaban J connectivity index is 1.33. The zero-order valence-electron chi connectivity index (χ0n) is 15.1. The summed E-state index contributed by atoms with van der Waals surface area (Å²) in [5.74, 6) is 0.253. The summed E-state index contributed by atoms with van der Waals surface area (Å²) in [6.45, 7) is 0. The third-order valence-electron chi connectivity index (χ3n) is 4.31. The smallest absolute Gasteiger partial charge is 0.314 e. The van der Waals surface area contributed by atoms with E-state index in [2.05, 4.69) is 25.3 Å². The standard InChI is InChI=1S/C19H12F2N6O2S/c20-15(21)18-26-25-17(28-18)10-3-1-9(2-4-10)7-14-24-16(27-29-14)11-5-6-12-13(8-11)30-19(22)23-12/h1-6,8,15H,7H2,(H2,22,23). The molecule has 2 aromatic carbocycles. The Morgan fingerprint density at radius 1 is 1.00 bits per heavy atom. The first kappa shape index (κ1) is 18.3. The normalized spacial score (nSPS) is 11.6. The number of benzene rings is 2. The van der Waals surface area contributed by atoms with Gasteiger partial charge < -0.3 is 14.7 Å². The van der Waals surface area contributed by atoms with Crippen molar-refractivity contribution in [3.8, 4) is 22.8 Å². The van der Waals surface area contributed by atoms with Crippen molar-refractivity contribution >= 4 is 26.7 Å². The van der Waals surface area contributed by atoms with Crippen LogP contribution in [0.25, 0.3) is 33.1 Å². The maximum Gasteiger partial charge on any atom is 0.314 e. The Bertz CT molecular complexity index is 1330. The van der Waals surface area contributed by atoms with E-state index in [-0.39, 0.29) is 5.89 Å². The Morgan fingerprint density at radius 2 is 1.80 bits per heavy atom. The molecule has 8 nitrogen and oxygen atoms in total. The molecule has 0 aliphatic rings. The number of nitrogen functional groups attached to an aromatic ring is 1. The number of halogens is 2. The van der Waals surface area contributed by atoms with Crippen molar-refractivity contribution in [1.29, 1.82) is 0 Å². The van der Waals surface area contributed by atoms with Crippen molar-refractivity contribution in [2.75, 3.05) is 5.73 Å². The summed E-state index contributed by atoms with van der Waals surface area (Å²) < 4.78 is 36.4. The lowest BCUT2D eigenvalue weighted by Gasteiger charge is -1.99. The fourth-order valence-corrected chi connectivity index (χ4v) is 3.68. The summed E-state index contributed by atoms with van der Waals surface area (Å²) in [6.07, 6.45) is -2.39. The van der Waals surface area contributed by atoms with Crippen LogP contribution < -0.4 is 5.73 Å². The second-order valence-electron chi connectivity index (χ2n) is 6.37. The van der Waals surface area contributed by atoms with Gasteiger partial charge in [-0.2, -0.15) is 13.8 Å². The van der Waals surface area contributed by atoms with Gasteiger partial charge in [-0.15, -0.1) is 10.2 Å². The van der Waals surface area contributed by atoms with E-state index in [9.17, 15) is 8.78 Å². The largest absolute Gasteiger partial charge is 0.415 e. The van der Waals surface area contributed by atoms with Crippen molar-refractivity contribution in [3.05, 3.63) is 59.8 Å². The molecule has 0 amide bonds. The summed E-state index contributed by atoms with van der Waals surface area (Å²) in [5, 5.41) is 11.5. The molecule has 0 aliphatic heterocycles. The van der Waals surface area contributed by atoms with Gasteiger partial charge in [0.15, 0.2) is 5.13 Å². The van der Waals surface area contributed by atoms with Gasteiger partial charge in [-0.1, -0.05) is 28.6 Å². The molecule has 5 aromatic rings. The van der Waals surface area contributed by atoms with Gasteiger partial charge in [-0.25, -0.2) is 4.98 Å². The van der Waals surface area contributed by atoms with Crippen LogP contribution in [-0.4, -0.2) is 25.3 Å². The van der Waals surface area contributed by atoms with E-state index in [1.807, 2.05) is 18.2 Å². The molecule has 2 N–H and O–H groups in total. The number of alkyl halides is 2. The number of fused-ring (bicyclic) bond motifs is 1. The lowest BCUT2D eigenvalue weighted by atomic mass is 10.1. The number of thiazole rings is 1. The first-order valence-electron chi connectivity index (χ1n) is 8.75. The van der Waals surface area contributed by atoms with Gasteiger partial charge in [0, 0.05) is 11.1 Å². The Kier molecular flexibility index (Phi) is 4.43. The van der Waals surface area contributed by atoms with Crippen LogP contribution in [-0.2, 0) is 6.42 Å². The molecule has 0 radical (unpaired) electrons. The average molecular weight is 426 g/mol. The lowest BCUT2D eigenvalue weighted by Crippen LogP contribution is -1.89. The molecule has 30 heavy (non-hydrogen) atoms. The van der Waals surface area contributed by atoms with Crippen LogP contribution in [0.4, 0.5) is 13.9 Å². The highest BCUT2D eigenvalue weighted by molar-refractivity contribution is 7.22. The van der Waals surface area contributed by atoms with Crippen LogP contribution in [0, 0.1) is 0 Å². The molecule has 0 saturated heterocycles. The summed E-state index contributed by atoms with van der Waals surface area (Å²) in [4.78, 5) is 8.67. The van der Waals surface area contributed by atoms with Gasteiger partial charge >= 0.3 is 6.43 Å². The van der Waals surface area contributed by atoms with E-state index in [0.29, 0.717) is 28.8 Å². The molecule has 5 rings (SSSR count). The third-order valence-corrected chi connectivity index (χ3v) is 5.16. The molecule has 3 heterocycles. The fraction of sp³-hybridized carbons (Fsp3) is 0.105. The minimum Gasteiger partial charge on any atom is -0.415 e. The van der Waals surface area contributed by atoms with Gasteiger partial charge in [0.05, 0.1) is 16.6 Å². The predicted octanol–water partition coefficient (Wildman–Crippen LogP) is 4.51. The van der Waals surface area contributed by atoms with Crippen LogP contribution >= 0.6 is 11.3 Å². The first-order valence-corrected chi connectivity index (χ1v) is 9.57. The molecule has 0 fully saturated rings. The maximum absolute atomic E-state index is 12.6.